The second-order valence-corrected chi connectivity index (χ2v) is 5.80. The second-order valence-electron chi connectivity index (χ2n) is 4.06. The monoisotopic (exact) mass is 274 g/mol. The molecule has 0 saturated heterocycles. The van der Waals surface area contributed by atoms with Gasteiger partial charge in [-0.2, -0.15) is 0 Å². The normalized spacial score (nSPS) is 13.3. The molecule has 1 aromatic carbocycles. The molecule has 1 aromatic rings. The minimum absolute atomic E-state index is 0.0336. The van der Waals surface area contributed by atoms with Crippen molar-refractivity contribution >= 4 is 15.7 Å². The maximum atomic E-state index is 12.0. The summed E-state index contributed by atoms with van der Waals surface area (Å²) >= 11 is 0. The predicted octanol–water partition coefficient (Wildman–Crippen LogP) is 0.245. The number of hydrogen-bond acceptors (Lipinski definition) is 5. The van der Waals surface area contributed by atoms with Crippen LogP contribution in [0.1, 0.15) is 12.5 Å². The Bertz CT molecular complexity index is 526. The molecule has 18 heavy (non-hydrogen) atoms. The number of aliphatic hydroxyl groups is 1. The number of benzene rings is 1. The zero-order valence-electron chi connectivity index (χ0n) is 10.6. The highest BCUT2D eigenvalue weighted by atomic mass is 32.2. The quantitative estimate of drug-likeness (QED) is 0.668. The van der Waals surface area contributed by atoms with Crippen molar-refractivity contribution in [1.82, 2.24) is 4.72 Å². The third-order valence-electron chi connectivity index (χ3n) is 2.41. The third-order valence-corrected chi connectivity index (χ3v) is 3.86. The lowest BCUT2D eigenvalue weighted by molar-refractivity contribution is 0.198. The topological polar surface area (TPSA) is 102 Å². The Kier molecular flexibility index (Phi) is 4.55. The van der Waals surface area contributed by atoms with Crippen molar-refractivity contribution < 1.29 is 18.3 Å². The summed E-state index contributed by atoms with van der Waals surface area (Å²) in [7, 11) is -2.36. The first kappa shape index (κ1) is 14.7. The van der Waals surface area contributed by atoms with Crippen LogP contribution in [0.15, 0.2) is 17.0 Å². The average Bonchev–Trinajstić information content (AvgIpc) is 2.29. The summed E-state index contributed by atoms with van der Waals surface area (Å²) in [5.74, 6) is 0.222. The van der Waals surface area contributed by atoms with Gasteiger partial charge in [-0.25, -0.2) is 13.1 Å². The number of nitrogens with two attached hydrogens (primary N) is 1. The Balaban J connectivity index is 3.19. The summed E-state index contributed by atoms with van der Waals surface area (Å²) in [6.45, 7) is 3.18. The number of sulfonamides is 1. The lowest BCUT2D eigenvalue weighted by atomic mass is 10.2. The molecule has 0 aromatic heterocycles. The van der Waals surface area contributed by atoms with E-state index in [1.54, 1.807) is 13.0 Å². The lowest BCUT2D eigenvalue weighted by Gasteiger charge is -2.13. The van der Waals surface area contributed by atoms with Gasteiger partial charge in [0.05, 0.1) is 13.2 Å². The summed E-state index contributed by atoms with van der Waals surface area (Å²) in [6.07, 6.45) is -0.770. The highest BCUT2D eigenvalue weighted by molar-refractivity contribution is 7.89. The number of aryl methyl sites for hydroxylation is 1. The van der Waals surface area contributed by atoms with Gasteiger partial charge in [-0.05, 0) is 31.5 Å². The standard InChI is InChI=1S/C11H18N2O4S/c1-7-4-10(17-3)11(5-9(7)12)18(15,16)13-6-8(2)14/h4-5,8,13-14H,6,12H2,1-3H3/t8-/m0/s1. The van der Waals surface area contributed by atoms with Gasteiger partial charge in [-0.3, -0.25) is 0 Å². The van der Waals surface area contributed by atoms with Crippen LogP contribution in [-0.4, -0.2) is 33.3 Å². The summed E-state index contributed by atoms with van der Waals surface area (Å²) in [5.41, 5.74) is 6.81. The van der Waals surface area contributed by atoms with Crippen LogP contribution in [0.25, 0.3) is 0 Å². The fourth-order valence-corrected chi connectivity index (χ4v) is 2.66. The lowest BCUT2D eigenvalue weighted by Crippen LogP contribution is -2.31. The molecule has 0 bridgehead atoms. The van der Waals surface area contributed by atoms with Gasteiger partial charge < -0.3 is 15.6 Å². The number of aliphatic hydroxyl groups excluding tert-OH is 1. The van der Waals surface area contributed by atoms with E-state index in [4.69, 9.17) is 15.6 Å². The highest BCUT2D eigenvalue weighted by Crippen LogP contribution is 2.28. The van der Waals surface area contributed by atoms with Crippen LogP contribution in [0, 0.1) is 6.92 Å². The van der Waals surface area contributed by atoms with E-state index in [0.29, 0.717) is 5.69 Å². The number of ether oxygens (including phenoxy) is 1. The summed E-state index contributed by atoms with van der Waals surface area (Å²) in [5, 5.41) is 9.10. The minimum atomic E-state index is -3.75. The molecule has 1 rings (SSSR count). The summed E-state index contributed by atoms with van der Waals surface area (Å²) in [4.78, 5) is -0.0336. The van der Waals surface area contributed by atoms with Gasteiger partial charge in [-0.15, -0.1) is 0 Å². The van der Waals surface area contributed by atoms with Crippen molar-refractivity contribution in [2.24, 2.45) is 0 Å². The predicted molar refractivity (Wildman–Crippen MR) is 69.0 cm³/mol. The smallest absolute Gasteiger partial charge is 0.244 e. The minimum Gasteiger partial charge on any atom is -0.495 e. The van der Waals surface area contributed by atoms with Crippen molar-refractivity contribution in [2.75, 3.05) is 19.4 Å². The van der Waals surface area contributed by atoms with Crippen LogP contribution in [0.5, 0.6) is 5.75 Å². The molecule has 0 fully saturated rings. The molecule has 0 aliphatic carbocycles. The van der Waals surface area contributed by atoms with Crippen LogP contribution in [0.2, 0.25) is 0 Å². The molecule has 0 unspecified atom stereocenters. The van der Waals surface area contributed by atoms with Gasteiger partial charge in [0.25, 0.3) is 0 Å². The molecule has 7 heteroatoms. The fraction of sp³-hybridized carbons (Fsp3) is 0.455. The van der Waals surface area contributed by atoms with E-state index in [1.165, 1.54) is 20.1 Å². The molecule has 0 amide bonds. The van der Waals surface area contributed by atoms with Crippen molar-refractivity contribution in [3.05, 3.63) is 17.7 Å². The molecule has 0 radical (unpaired) electrons. The van der Waals surface area contributed by atoms with Crippen molar-refractivity contribution in [2.45, 2.75) is 24.8 Å². The number of nitrogen functional groups attached to an aromatic ring is 1. The van der Waals surface area contributed by atoms with E-state index in [9.17, 15) is 8.42 Å². The van der Waals surface area contributed by atoms with Gasteiger partial charge in [-0.1, -0.05) is 0 Å². The van der Waals surface area contributed by atoms with Crippen molar-refractivity contribution in [3.63, 3.8) is 0 Å². The van der Waals surface area contributed by atoms with E-state index < -0.39 is 16.1 Å². The number of rotatable bonds is 5. The zero-order valence-corrected chi connectivity index (χ0v) is 11.4. The Morgan fingerprint density at radius 2 is 2.11 bits per heavy atom. The molecular formula is C11H18N2O4S. The first-order chi connectivity index (χ1) is 8.27. The Labute approximate surface area is 107 Å². The SMILES string of the molecule is COc1cc(C)c(N)cc1S(=O)(=O)NC[C@H](C)O. The molecule has 0 aliphatic heterocycles. The maximum absolute atomic E-state index is 12.0. The Hall–Kier alpha value is -1.31. The zero-order chi connectivity index (χ0) is 13.9. The van der Waals surface area contributed by atoms with Gasteiger partial charge in [0.15, 0.2) is 0 Å². The van der Waals surface area contributed by atoms with Gasteiger partial charge in [0.1, 0.15) is 10.6 Å². The van der Waals surface area contributed by atoms with Gasteiger partial charge in [0.2, 0.25) is 10.0 Å². The van der Waals surface area contributed by atoms with E-state index in [1.807, 2.05) is 0 Å². The first-order valence-electron chi connectivity index (χ1n) is 5.39. The Morgan fingerprint density at radius 1 is 1.50 bits per heavy atom. The molecule has 0 heterocycles. The van der Waals surface area contributed by atoms with Crippen LogP contribution in [0.4, 0.5) is 5.69 Å². The fourth-order valence-electron chi connectivity index (χ4n) is 1.35. The highest BCUT2D eigenvalue weighted by Gasteiger charge is 2.21. The van der Waals surface area contributed by atoms with Crippen LogP contribution in [0.3, 0.4) is 0 Å². The largest absolute Gasteiger partial charge is 0.495 e. The van der Waals surface area contributed by atoms with Gasteiger partial charge >= 0.3 is 0 Å². The maximum Gasteiger partial charge on any atom is 0.244 e. The van der Waals surface area contributed by atoms with E-state index in [-0.39, 0.29) is 17.2 Å². The molecule has 102 valence electrons. The number of anilines is 1. The molecule has 0 spiro atoms. The molecule has 6 nitrogen and oxygen atoms in total. The first-order valence-corrected chi connectivity index (χ1v) is 6.88. The third kappa shape index (κ3) is 3.34. The number of nitrogens with one attached hydrogen (secondary N) is 1. The summed E-state index contributed by atoms with van der Waals surface area (Å²) in [6, 6.07) is 2.91. The number of methoxy groups -OCH3 is 1. The summed E-state index contributed by atoms with van der Waals surface area (Å²) < 4.78 is 31.4. The van der Waals surface area contributed by atoms with Crippen molar-refractivity contribution in [1.29, 1.82) is 0 Å². The van der Waals surface area contributed by atoms with Crippen molar-refractivity contribution in [3.8, 4) is 5.75 Å². The molecule has 4 N–H and O–H groups in total. The molecular weight excluding hydrogens is 256 g/mol. The van der Waals surface area contributed by atoms with Gasteiger partial charge in [0, 0.05) is 12.2 Å². The van der Waals surface area contributed by atoms with Crippen LogP contribution in [-0.2, 0) is 10.0 Å². The van der Waals surface area contributed by atoms with Crippen LogP contribution >= 0.6 is 0 Å². The average molecular weight is 274 g/mol. The van der Waals surface area contributed by atoms with E-state index >= 15 is 0 Å². The number of hydrogen-bond donors (Lipinski definition) is 3. The van der Waals surface area contributed by atoms with E-state index in [0.717, 1.165) is 5.56 Å². The molecule has 0 saturated carbocycles. The Morgan fingerprint density at radius 3 is 2.61 bits per heavy atom. The molecule has 1 atom stereocenters. The van der Waals surface area contributed by atoms with E-state index in [2.05, 4.69) is 4.72 Å². The second kappa shape index (κ2) is 5.55. The molecule has 0 aliphatic rings. The van der Waals surface area contributed by atoms with Crippen LogP contribution < -0.4 is 15.2 Å².